The molecule has 0 bridgehead atoms. The number of rotatable bonds is 7. The van der Waals surface area contributed by atoms with Crippen molar-refractivity contribution in [2.45, 2.75) is 26.7 Å². The molecule has 1 aromatic rings. The highest BCUT2D eigenvalue weighted by Gasteiger charge is 2.17. The average Bonchev–Trinajstić information content (AvgIpc) is 2.55. The van der Waals surface area contributed by atoms with E-state index >= 15 is 0 Å². The zero-order chi connectivity index (χ0) is 17.5. The number of hydrogen-bond donors (Lipinski definition) is 1. The molecular weight excluding hydrogens is 302 g/mol. The van der Waals surface area contributed by atoms with Crippen LogP contribution in [-0.2, 0) is 4.79 Å². The summed E-state index contributed by atoms with van der Waals surface area (Å²) in [7, 11) is 1.97. The largest absolute Gasteiger partial charge is 0.492 e. The van der Waals surface area contributed by atoms with E-state index in [-0.39, 0.29) is 5.91 Å². The molecule has 1 fully saturated rings. The van der Waals surface area contributed by atoms with Crippen LogP contribution >= 0.6 is 0 Å². The Hall–Kier alpha value is -1.59. The van der Waals surface area contributed by atoms with E-state index in [1.807, 2.05) is 22.9 Å². The maximum absolute atomic E-state index is 12.2. The molecule has 0 aliphatic carbocycles. The summed E-state index contributed by atoms with van der Waals surface area (Å²) in [5.74, 6) is 1.64. The van der Waals surface area contributed by atoms with Gasteiger partial charge in [-0.1, -0.05) is 19.9 Å². The quantitative estimate of drug-likeness (QED) is 0.827. The zero-order valence-corrected chi connectivity index (χ0v) is 15.5. The number of amides is 1. The van der Waals surface area contributed by atoms with E-state index in [2.05, 4.69) is 38.2 Å². The summed E-state index contributed by atoms with van der Waals surface area (Å²) in [5, 5.41) is 3.26. The fraction of sp³-hybridized carbons (Fsp3) is 0.632. The molecule has 1 N–H and O–H groups in total. The second-order valence-electron chi connectivity index (χ2n) is 6.89. The van der Waals surface area contributed by atoms with Gasteiger partial charge in [-0.05, 0) is 43.1 Å². The molecule has 134 valence electrons. The topological polar surface area (TPSA) is 44.8 Å². The fourth-order valence-electron chi connectivity index (χ4n) is 3.03. The molecule has 1 aliphatic rings. The van der Waals surface area contributed by atoms with Crippen molar-refractivity contribution in [1.82, 2.24) is 15.1 Å². The van der Waals surface area contributed by atoms with Gasteiger partial charge >= 0.3 is 0 Å². The van der Waals surface area contributed by atoms with Crippen LogP contribution in [0.4, 0.5) is 0 Å². The summed E-state index contributed by atoms with van der Waals surface area (Å²) in [6.07, 6.45) is 0. The van der Waals surface area contributed by atoms with Gasteiger partial charge in [0.2, 0.25) is 5.91 Å². The lowest BCUT2D eigenvalue weighted by Gasteiger charge is -2.29. The first-order chi connectivity index (χ1) is 11.5. The van der Waals surface area contributed by atoms with Gasteiger partial charge in [0.25, 0.3) is 0 Å². The van der Waals surface area contributed by atoms with Crippen LogP contribution in [0.3, 0.4) is 0 Å². The zero-order valence-electron chi connectivity index (χ0n) is 15.5. The van der Waals surface area contributed by atoms with E-state index in [4.69, 9.17) is 4.74 Å². The van der Waals surface area contributed by atoms with Crippen LogP contribution in [0.15, 0.2) is 18.2 Å². The van der Waals surface area contributed by atoms with Crippen molar-refractivity contribution in [1.29, 1.82) is 0 Å². The molecule has 1 heterocycles. The number of benzene rings is 1. The Morgan fingerprint density at radius 3 is 2.67 bits per heavy atom. The molecule has 0 atom stereocenters. The second-order valence-corrected chi connectivity index (χ2v) is 6.89. The van der Waals surface area contributed by atoms with Gasteiger partial charge in [-0.15, -0.1) is 0 Å². The lowest BCUT2D eigenvalue weighted by Crippen LogP contribution is -2.49. The summed E-state index contributed by atoms with van der Waals surface area (Å²) >= 11 is 0. The predicted octanol–water partition coefficient (Wildman–Crippen LogP) is 1.86. The molecule has 1 saturated heterocycles. The van der Waals surface area contributed by atoms with Gasteiger partial charge in [0.15, 0.2) is 0 Å². The number of carbonyl (C=O) groups is 1. The first-order valence-corrected chi connectivity index (χ1v) is 8.87. The fourth-order valence-corrected chi connectivity index (χ4v) is 3.03. The number of nitrogens with one attached hydrogen (secondary N) is 1. The van der Waals surface area contributed by atoms with Gasteiger partial charge < -0.3 is 15.0 Å². The number of likely N-dealkylation sites (N-methyl/N-ethyl adjacent to an activating group) is 1. The Labute approximate surface area is 146 Å². The molecule has 0 aromatic heterocycles. The third-order valence-corrected chi connectivity index (χ3v) is 4.48. The smallest absolute Gasteiger partial charge is 0.236 e. The minimum Gasteiger partial charge on any atom is -0.492 e. The van der Waals surface area contributed by atoms with Crippen LogP contribution in [0, 0.1) is 6.92 Å². The van der Waals surface area contributed by atoms with Crippen molar-refractivity contribution in [2.24, 2.45) is 0 Å². The molecule has 0 saturated carbocycles. The average molecular weight is 333 g/mol. The third kappa shape index (κ3) is 5.49. The Morgan fingerprint density at radius 2 is 2.04 bits per heavy atom. The van der Waals surface area contributed by atoms with Gasteiger partial charge in [-0.3, -0.25) is 9.69 Å². The lowest BCUT2D eigenvalue weighted by molar-refractivity contribution is -0.132. The minimum atomic E-state index is 0.205. The number of ether oxygens (including phenoxy) is 1. The van der Waals surface area contributed by atoms with E-state index in [9.17, 15) is 4.79 Å². The molecule has 2 rings (SSSR count). The third-order valence-electron chi connectivity index (χ3n) is 4.48. The molecule has 0 unspecified atom stereocenters. The number of hydrogen-bond acceptors (Lipinski definition) is 4. The molecule has 24 heavy (non-hydrogen) atoms. The Morgan fingerprint density at radius 1 is 1.33 bits per heavy atom. The van der Waals surface area contributed by atoms with Crippen LogP contribution in [0.1, 0.15) is 30.9 Å². The normalized spacial score (nSPS) is 15.2. The Balaban J connectivity index is 1.73. The van der Waals surface area contributed by atoms with Crippen LogP contribution < -0.4 is 10.1 Å². The summed E-state index contributed by atoms with van der Waals surface area (Å²) < 4.78 is 5.84. The first kappa shape index (κ1) is 18.7. The SMILES string of the molecule is Cc1cc(OCCN(C)CC(=O)N2CCNCC2)ccc1C(C)C. The van der Waals surface area contributed by atoms with Crippen LogP contribution in [0.5, 0.6) is 5.75 Å². The van der Waals surface area contributed by atoms with Gasteiger partial charge in [0.05, 0.1) is 6.54 Å². The maximum atomic E-state index is 12.2. The van der Waals surface area contributed by atoms with Crippen molar-refractivity contribution >= 4 is 5.91 Å². The lowest BCUT2D eigenvalue weighted by atomic mass is 9.98. The number of aryl methyl sites for hydroxylation is 1. The Bertz CT molecular complexity index is 539. The van der Waals surface area contributed by atoms with Crippen molar-refractivity contribution in [3.63, 3.8) is 0 Å². The summed E-state index contributed by atoms with van der Waals surface area (Å²) in [4.78, 5) is 16.2. The highest BCUT2D eigenvalue weighted by molar-refractivity contribution is 5.78. The van der Waals surface area contributed by atoms with Crippen molar-refractivity contribution in [3.05, 3.63) is 29.3 Å². The van der Waals surface area contributed by atoms with Gasteiger partial charge in [0, 0.05) is 32.7 Å². The van der Waals surface area contributed by atoms with Crippen molar-refractivity contribution < 1.29 is 9.53 Å². The van der Waals surface area contributed by atoms with E-state index in [1.54, 1.807) is 0 Å². The second kappa shape index (κ2) is 9.04. The first-order valence-electron chi connectivity index (χ1n) is 8.87. The van der Waals surface area contributed by atoms with Gasteiger partial charge in [0.1, 0.15) is 12.4 Å². The Kier molecular flexibility index (Phi) is 7.06. The molecular formula is C19H31N3O2. The van der Waals surface area contributed by atoms with Gasteiger partial charge in [-0.25, -0.2) is 0 Å². The molecule has 1 aliphatic heterocycles. The molecule has 0 spiro atoms. The van der Waals surface area contributed by atoms with Crippen molar-refractivity contribution in [2.75, 3.05) is 52.9 Å². The summed E-state index contributed by atoms with van der Waals surface area (Å²) in [6.45, 7) is 11.7. The molecule has 1 amide bonds. The highest BCUT2D eigenvalue weighted by atomic mass is 16.5. The molecule has 5 nitrogen and oxygen atoms in total. The highest BCUT2D eigenvalue weighted by Crippen LogP contribution is 2.23. The van der Waals surface area contributed by atoms with Crippen LogP contribution in [-0.4, -0.2) is 68.6 Å². The van der Waals surface area contributed by atoms with E-state index in [1.165, 1.54) is 11.1 Å². The number of piperazine rings is 1. The van der Waals surface area contributed by atoms with Crippen LogP contribution in [0.2, 0.25) is 0 Å². The van der Waals surface area contributed by atoms with E-state index in [0.717, 1.165) is 38.5 Å². The van der Waals surface area contributed by atoms with Crippen molar-refractivity contribution in [3.8, 4) is 5.75 Å². The maximum Gasteiger partial charge on any atom is 0.236 e. The number of carbonyl (C=O) groups excluding carboxylic acids is 1. The number of nitrogens with zero attached hydrogens (tertiary/aromatic N) is 2. The molecule has 1 aromatic carbocycles. The van der Waals surface area contributed by atoms with E-state index < -0.39 is 0 Å². The monoisotopic (exact) mass is 333 g/mol. The minimum absolute atomic E-state index is 0.205. The molecule has 0 radical (unpaired) electrons. The predicted molar refractivity (Wildman–Crippen MR) is 97.7 cm³/mol. The van der Waals surface area contributed by atoms with Crippen LogP contribution in [0.25, 0.3) is 0 Å². The van der Waals surface area contributed by atoms with Gasteiger partial charge in [-0.2, -0.15) is 0 Å². The van der Waals surface area contributed by atoms with E-state index in [0.29, 0.717) is 19.1 Å². The molecule has 5 heteroatoms. The summed E-state index contributed by atoms with van der Waals surface area (Å²) in [5.41, 5.74) is 2.63. The standard InChI is InChI=1S/C19H31N3O2/c1-15(2)18-6-5-17(13-16(18)3)24-12-11-21(4)14-19(23)22-9-7-20-8-10-22/h5-6,13,15,20H,7-12,14H2,1-4H3. The summed E-state index contributed by atoms with van der Waals surface area (Å²) in [6, 6.07) is 6.28.